The van der Waals surface area contributed by atoms with Crippen LogP contribution in [0.25, 0.3) is 33.3 Å². The van der Waals surface area contributed by atoms with Crippen LogP contribution in [0.15, 0.2) is 54.9 Å². The second kappa shape index (κ2) is 22.3. The molecule has 3 N–H and O–H groups in total. The number of likely N-dealkylation sites (N-methyl/N-ethyl adjacent to an activating group) is 2. The zero-order valence-electron chi connectivity index (χ0n) is 43.7. The lowest BCUT2D eigenvalue weighted by Gasteiger charge is -2.42. The third-order valence-corrected chi connectivity index (χ3v) is 20.3. The molecule has 4 aromatic rings. The van der Waals surface area contributed by atoms with Crippen molar-refractivity contribution in [1.82, 2.24) is 35.5 Å². The summed E-state index contributed by atoms with van der Waals surface area (Å²) in [5.41, 5.74) is 11.5. The van der Waals surface area contributed by atoms with Crippen LogP contribution in [0.4, 0.5) is 0 Å². The topological polar surface area (TPSA) is 156 Å². The summed E-state index contributed by atoms with van der Waals surface area (Å²) in [5.74, 6) is -1.06. The molecule has 1 saturated heterocycles. The minimum atomic E-state index is -2.50. The fraction of sp³-hybridized carbons (Fsp3) is 0.574. The van der Waals surface area contributed by atoms with Crippen LogP contribution in [0.2, 0.25) is 16.6 Å². The number of nitrogens with one attached hydrogen (secondary N) is 3. The van der Waals surface area contributed by atoms with Crippen molar-refractivity contribution in [2.24, 2.45) is 11.3 Å². The molecule has 3 amide bonds. The normalized spacial score (nSPS) is 18.4. The number of aromatic nitrogens is 2. The van der Waals surface area contributed by atoms with Gasteiger partial charge in [0.25, 0.3) is 14.2 Å². The summed E-state index contributed by atoms with van der Waals surface area (Å²) in [4.78, 5) is 62.9. The molecule has 1 fully saturated rings. The quantitative estimate of drug-likeness (QED) is 0.0781. The van der Waals surface area contributed by atoms with Crippen molar-refractivity contribution >= 4 is 42.9 Å². The van der Waals surface area contributed by atoms with Crippen LogP contribution in [0.5, 0.6) is 5.75 Å². The van der Waals surface area contributed by atoms with Gasteiger partial charge in [0, 0.05) is 67.9 Å². The lowest BCUT2D eigenvalue weighted by molar-refractivity contribution is -0.155. The van der Waals surface area contributed by atoms with E-state index in [1.807, 2.05) is 32.2 Å². The fourth-order valence-electron chi connectivity index (χ4n) is 11.1. The molecular weight excluding hydrogens is 887 g/mol. The monoisotopic (exact) mass is 966 g/mol. The van der Waals surface area contributed by atoms with E-state index in [0.717, 1.165) is 55.7 Å². The van der Waals surface area contributed by atoms with E-state index >= 15 is 4.79 Å². The predicted molar refractivity (Wildman–Crippen MR) is 276 cm³/mol. The van der Waals surface area contributed by atoms with Crippen LogP contribution in [0, 0.1) is 11.3 Å². The Morgan fingerprint density at radius 2 is 1.71 bits per heavy atom. The molecule has 6 bridgehead atoms. The fourth-order valence-corrected chi connectivity index (χ4v) is 16.4. The van der Waals surface area contributed by atoms with Gasteiger partial charge in [-0.25, -0.2) is 5.43 Å². The van der Waals surface area contributed by atoms with E-state index < -0.39 is 43.7 Å². The SMILES string of the molecule is CCn1c(-c2cnccc2COC)c2c3cc(ccc31)-c1cc(cc(O[Si](C(C)C)(C(C)C)C(C)C)c1)C[C@H](NC(=O)[C@H](C(C)C)N(C)C(=O)CNC)C(=O)N1CCC[C@H](N1)C(=O)OCC(C)(C)C2. The smallest absolute Gasteiger partial charge is 0.324 e. The summed E-state index contributed by atoms with van der Waals surface area (Å²) in [6.07, 6.45) is 5.44. The molecular formula is C54H79N7O7Si. The number of hydrogen-bond acceptors (Lipinski definition) is 10. The van der Waals surface area contributed by atoms with Crippen LogP contribution in [-0.2, 0) is 54.6 Å². The molecule has 2 aromatic carbocycles. The molecule has 0 aliphatic carbocycles. The Labute approximate surface area is 411 Å². The maximum atomic E-state index is 15.0. The number of aryl methyl sites for hydroxylation is 1. The van der Waals surface area contributed by atoms with Crippen molar-refractivity contribution in [1.29, 1.82) is 0 Å². The summed E-state index contributed by atoms with van der Waals surface area (Å²) in [6, 6.07) is 12.2. The number of hydrogen-bond donors (Lipinski definition) is 3. The summed E-state index contributed by atoms with van der Waals surface area (Å²) in [6.45, 7) is 25.4. The van der Waals surface area contributed by atoms with E-state index in [-0.39, 0.29) is 37.3 Å². The van der Waals surface area contributed by atoms with E-state index in [1.54, 1.807) is 27.4 Å². The maximum Gasteiger partial charge on any atom is 0.324 e. The molecule has 69 heavy (non-hydrogen) atoms. The van der Waals surface area contributed by atoms with Crippen LogP contribution in [0.3, 0.4) is 0 Å². The number of pyridine rings is 1. The lowest BCUT2D eigenvalue weighted by Crippen LogP contribution is -2.62. The summed E-state index contributed by atoms with van der Waals surface area (Å²) in [5, 5.41) is 8.55. The Balaban J connectivity index is 1.62. The number of nitrogens with zero attached hydrogens (tertiary/aromatic N) is 4. The highest BCUT2D eigenvalue weighted by Crippen LogP contribution is 2.45. The van der Waals surface area contributed by atoms with Crippen molar-refractivity contribution in [2.45, 2.75) is 150 Å². The highest BCUT2D eigenvalue weighted by Gasteiger charge is 2.47. The Bertz CT molecular complexity index is 2460. The number of ether oxygens (including phenoxy) is 2. The van der Waals surface area contributed by atoms with E-state index in [0.29, 0.717) is 55.6 Å². The summed E-state index contributed by atoms with van der Waals surface area (Å²) >= 11 is 0. The standard InChI is InChI=1S/C54H79N7O7Si/c1-15-60-47-19-18-38-27-42(47)43(50(60)44-29-56-21-20-39(44)31-66-14)28-54(10,11)32-67-53(65)45-17-16-22-61(58-45)52(64)46(57-51(63)49(33(2)3)59(13)48(62)30-55-12)25-37-23-40(38)26-41(24-37)68-69(34(4)5,35(6)7)36(8)9/h18-21,23-24,26-27,29,33-36,45-46,49,55,58H,15-17,22,25,28,30-32H2,1-14H3,(H,57,63)/t45-,46-,49-/m0/s1. The van der Waals surface area contributed by atoms with Crippen LogP contribution >= 0.6 is 0 Å². The van der Waals surface area contributed by atoms with Crippen LogP contribution in [-0.4, -0.2) is 110 Å². The van der Waals surface area contributed by atoms with E-state index in [2.05, 4.69) is 118 Å². The van der Waals surface area contributed by atoms with Crippen LogP contribution in [0.1, 0.15) is 106 Å². The van der Waals surface area contributed by atoms with E-state index in [4.69, 9.17) is 13.9 Å². The number of carbonyl (C=O) groups excluding carboxylic acids is 4. The van der Waals surface area contributed by atoms with Crippen LogP contribution < -0.4 is 20.5 Å². The molecule has 0 unspecified atom stereocenters. The third kappa shape index (κ3) is 11.4. The van der Waals surface area contributed by atoms with Gasteiger partial charge >= 0.3 is 5.97 Å². The summed E-state index contributed by atoms with van der Waals surface area (Å²) < 4.78 is 21.7. The Morgan fingerprint density at radius 3 is 2.35 bits per heavy atom. The number of hydrazine groups is 1. The van der Waals surface area contributed by atoms with Gasteiger partial charge in [-0.3, -0.25) is 29.2 Å². The van der Waals surface area contributed by atoms with E-state index in [9.17, 15) is 14.4 Å². The Hall–Kier alpha value is -5.09. The second-order valence-corrected chi connectivity index (χ2v) is 26.7. The highest BCUT2D eigenvalue weighted by molar-refractivity contribution is 6.78. The van der Waals surface area contributed by atoms with Gasteiger partial charge in [0.15, 0.2) is 0 Å². The molecule has 6 rings (SSSR count). The first kappa shape index (κ1) is 53.3. The predicted octanol–water partition coefficient (Wildman–Crippen LogP) is 8.44. The molecule has 14 nitrogen and oxygen atoms in total. The Morgan fingerprint density at radius 1 is 1.00 bits per heavy atom. The largest absolute Gasteiger partial charge is 0.543 e. The third-order valence-electron chi connectivity index (χ3n) is 14.3. The van der Waals surface area contributed by atoms with Gasteiger partial charge in [0.2, 0.25) is 11.8 Å². The first-order valence-corrected chi connectivity index (χ1v) is 27.2. The first-order valence-electron chi connectivity index (χ1n) is 25.0. The number of benzene rings is 2. The molecule has 2 aromatic heterocycles. The maximum absolute atomic E-state index is 15.0. The van der Waals surface area contributed by atoms with Gasteiger partial charge in [0.05, 0.1) is 25.5 Å². The van der Waals surface area contributed by atoms with Gasteiger partial charge in [-0.1, -0.05) is 81.4 Å². The van der Waals surface area contributed by atoms with Crippen molar-refractivity contribution in [3.8, 4) is 28.1 Å². The minimum Gasteiger partial charge on any atom is -0.543 e. The van der Waals surface area contributed by atoms with Crippen molar-refractivity contribution in [3.05, 3.63) is 71.5 Å². The number of amides is 3. The number of methoxy groups -OCH3 is 1. The molecule has 15 heteroatoms. The second-order valence-electron chi connectivity index (χ2n) is 21.3. The number of esters is 1. The molecule has 2 aliphatic heterocycles. The first-order chi connectivity index (χ1) is 32.7. The lowest BCUT2D eigenvalue weighted by atomic mass is 9.84. The average molecular weight is 966 g/mol. The zero-order chi connectivity index (χ0) is 50.5. The van der Waals surface area contributed by atoms with Crippen molar-refractivity contribution in [2.75, 3.05) is 40.9 Å². The van der Waals surface area contributed by atoms with Crippen molar-refractivity contribution in [3.63, 3.8) is 0 Å². The molecule has 2 aliphatic rings. The summed E-state index contributed by atoms with van der Waals surface area (Å²) in [7, 11) is 2.51. The highest BCUT2D eigenvalue weighted by atomic mass is 28.4. The average Bonchev–Trinajstić information content (AvgIpc) is 3.60. The molecule has 4 heterocycles. The molecule has 0 saturated carbocycles. The van der Waals surface area contributed by atoms with Gasteiger partial charge in [-0.15, -0.1) is 0 Å². The minimum absolute atomic E-state index is 0.0569. The van der Waals surface area contributed by atoms with Crippen molar-refractivity contribution < 1.29 is 33.1 Å². The number of fused-ring (bicyclic) bond motifs is 6. The van der Waals surface area contributed by atoms with E-state index in [1.165, 1.54) is 9.91 Å². The Kier molecular flexibility index (Phi) is 17.2. The van der Waals surface area contributed by atoms with Gasteiger partial charge < -0.3 is 34.0 Å². The number of carbonyl (C=O) groups is 4. The number of cyclic esters (lactones) is 1. The molecule has 376 valence electrons. The molecule has 0 spiro atoms. The zero-order valence-corrected chi connectivity index (χ0v) is 44.7. The van der Waals surface area contributed by atoms with Gasteiger partial charge in [-0.05, 0) is 114 Å². The van der Waals surface area contributed by atoms with Gasteiger partial charge in [-0.2, -0.15) is 0 Å². The number of rotatable bonds is 15. The molecule has 0 radical (unpaired) electrons. The van der Waals surface area contributed by atoms with Gasteiger partial charge in [0.1, 0.15) is 23.9 Å². The molecule has 3 atom stereocenters.